The van der Waals surface area contributed by atoms with Gasteiger partial charge in [0.2, 0.25) is 0 Å². The molecule has 0 aromatic carbocycles. The summed E-state index contributed by atoms with van der Waals surface area (Å²) in [5.41, 5.74) is 0. The predicted octanol–water partition coefficient (Wildman–Crippen LogP) is 0.785. The maximum Gasteiger partial charge on any atom is 0.511 e. The standard InChI is InChI=1S/C9H13N2O4/c1-3-14-8(12)10-5-6-11(7-10)9(13)15-4-2/h5-7H,3-4H2,1-2H3/q+1. The van der Waals surface area contributed by atoms with E-state index in [0.717, 1.165) is 0 Å². The van der Waals surface area contributed by atoms with Gasteiger partial charge in [0.05, 0.1) is 13.2 Å². The third kappa shape index (κ3) is 2.80. The fourth-order valence-corrected chi connectivity index (χ4v) is 0.967. The van der Waals surface area contributed by atoms with Gasteiger partial charge in [0, 0.05) is 0 Å². The molecule has 0 bridgehead atoms. The summed E-state index contributed by atoms with van der Waals surface area (Å²) in [5.74, 6) is 0. The Morgan fingerprint density at radius 3 is 2.53 bits per heavy atom. The number of carbonyl (C=O) groups excluding carboxylic acids is 2. The van der Waals surface area contributed by atoms with E-state index in [1.807, 2.05) is 0 Å². The first-order valence-corrected chi connectivity index (χ1v) is 4.62. The molecule has 0 aliphatic rings. The van der Waals surface area contributed by atoms with Crippen molar-refractivity contribution >= 4 is 12.2 Å². The Balaban J connectivity index is 2.71. The molecule has 0 aliphatic heterocycles. The highest BCUT2D eigenvalue weighted by Gasteiger charge is 2.18. The van der Waals surface area contributed by atoms with Crippen molar-refractivity contribution in [3.05, 3.63) is 18.7 Å². The second kappa shape index (κ2) is 5.14. The van der Waals surface area contributed by atoms with Gasteiger partial charge in [0.15, 0.2) is 0 Å². The van der Waals surface area contributed by atoms with Crippen molar-refractivity contribution in [1.82, 2.24) is 4.57 Å². The van der Waals surface area contributed by atoms with Crippen molar-refractivity contribution in [1.29, 1.82) is 0 Å². The van der Waals surface area contributed by atoms with Crippen molar-refractivity contribution in [3.63, 3.8) is 0 Å². The minimum Gasteiger partial charge on any atom is -0.431 e. The minimum atomic E-state index is -0.527. The van der Waals surface area contributed by atoms with Crippen molar-refractivity contribution in [3.8, 4) is 0 Å². The average Bonchev–Trinajstić information content (AvgIpc) is 2.67. The highest BCUT2D eigenvalue weighted by molar-refractivity contribution is 5.70. The fraction of sp³-hybridized carbons (Fsp3) is 0.444. The van der Waals surface area contributed by atoms with E-state index in [1.165, 1.54) is 27.9 Å². The number of imidazole rings is 1. The highest BCUT2D eigenvalue weighted by atomic mass is 16.6. The van der Waals surface area contributed by atoms with E-state index < -0.39 is 12.2 Å². The highest BCUT2D eigenvalue weighted by Crippen LogP contribution is 1.89. The number of nitrogens with zero attached hydrogens (tertiary/aromatic N) is 2. The van der Waals surface area contributed by atoms with Gasteiger partial charge in [0.25, 0.3) is 6.33 Å². The third-order valence-electron chi connectivity index (χ3n) is 1.59. The van der Waals surface area contributed by atoms with Crippen LogP contribution < -0.4 is 4.57 Å². The molecule has 0 amide bonds. The summed E-state index contributed by atoms with van der Waals surface area (Å²) in [4.78, 5) is 22.4. The van der Waals surface area contributed by atoms with Crippen LogP contribution in [0.2, 0.25) is 0 Å². The van der Waals surface area contributed by atoms with Crippen molar-refractivity contribution in [2.24, 2.45) is 0 Å². The molecule has 0 unspecified atom stereocenters. The van der Waals surface area contributed by atoms with Gasteiger partial charge in [-0.25, -0.2) is 0 Å². The number of rotatable bonds is 2. The van der Waals surface area contributed by atoms with Gasteiger partial charge in [-0.3, -0.25) is 0 Å². The monoisotopic (exact) mass is 213 g/mol. The second-order valence-corrected chi connectivity index (χ2v) is 2.63. The van der Waals surface area contributed by atoms with Gasteiger partial charge in [-0.15, -0.1) is 9.13 Å². The molecule has 0 spiro atoms. The Morgan fingerprint density at radius 2 is 1.93 bits per heavy atom. The second-order valence-electron chi connectivity index (χ2n) is 2.63. The number of aromatic nitrogens is 2. The largest absolute Gasteiger partial charge is 0.511 e. The molecule has 0 saturated heterocycles. The summed E-state index contributed by atoms with van der Waals surface area (Å²) in [6.45, 7) is 3.99. The molecule has 82 valence electrons. The Kier molecular flexibility index (Phi) is 3.84. The molecule has 0 aliphatic carbocycles. The average molecular weight is 213 g/mol. The SMILES string of the molecule is CCOC(=O)n1cc[n+](C(=O)OCC)c1. The topological polar surface area (TPSA) is 61.4 Å². The van der Waals surface area contributed by atoms with Crippen molar-refractivity contribution in [2.45, 2.75) is 13.8 Å². The molecule has 1 aromatic heterocycles. The molecule has 1 aromatic rings. The van der Waals surface area contributed by atoms with E-state index in [9.17, 15) is 9.59 Å². The van der Waals surface area contributed by atoms with Gasteiger partial charge in [-0.1, -0.05) is 0 Å². The first kappa shape index (κ1) is 11.2. The Morgan fingerprint density at radius 1 is 1.27 bits per heavy atom. The van der Waals surface area contributed by atoms with E-state index >= 15 is 0 Å². The molecular weight excluding hydrogens is 200 g/mol. The van der Waals surface area contributed by atoms with Crippen LogP contribution in [0.5, 0.6) is 0 Å². The molecule has 0 radical (unpaired) electrons. The zero-order valence-electron chi connectivity index (χ0n) is 8.67. The quantitative estimate of drug-likeness (QED) is 0.681. The molecule has 0 saturated carbocycles. The number of carbonyl (C=O) groups is 2. The predicted molar refractivity (Wildman–Crippen MR) is 49.5 cm³/mol. The zero-order valence-corrected chi connectivity index (χ0v) is 8.67. The van der Waals surface area contributed by atoms with Crippen molar-refractivity contribution < 1.29 is 23.6 Å². The molecular formula is C9H13N2O4+. The zero-order chi connectivity index (χ0) is 11.3. The Hall–Kier alpha value is -1.85. The van der Waals surface area contributed by atoms with Crippen LogP contribution in [0.15, 0.2) is 18.7 Å². The van der Waals surface area contributed by atoms with Crippen LogP contribution >= 0.6 is 0 Å². The van der Waals surface area contributed by atoms with E-state index in [1.54, 1.807) is 13.8 Å². The van der Waals surface area contributed by atoms with Crippen LogP contribution in [0.1, 0.15) is 13.8 Å². The Bertz CT molecular complexity index is 326. The smallest absolute Gasteiger partial charge is 0.431 e. The minimum absolute atomic E-state index is 0.288. The summed E-state index contributed by atoms with van der Waals surface area (Å²) in [6.07, 6.45) is 3.10. The van der Waals surface area contributed by atoms with Crippen LogP contribution in [0.25, 0.3) is 0 Å². The number of hydrogen-bond donors (Lipinski definition) is 0. The maximum absolute atomic E-state index is 11.2. The molecule has 0 fully saturated rings. The molecule has 15 heavy (non-hydrogen) atoms. The van der Waals surface area contributed by atoms with Gasteiger partial charge in [-0.2, -0.15) is 9.59 Å². The van der Waals surface area contributed by atoms with E-state index in [0.29, 0.717) is 0 Å². The van der Waals surface area contributed by atoms with E-state index in [2.05, 4.69) is 0 Å². The maximum atomic E-state index is 11.2. The first-order chi connectivity index (χ1) is 7.19. The lowest BCUT2D eigenvalue weighted by Crippen LogP contribution is -2.41. The van der Waals surface area contributed by atoms with Crippen LogP contribution in [0.3, 0.4) is 0 Å². The lowest BCUT2D eigenvalue weighted by atomic mass is 10.8. The Labute approximate surface area is 87.0 Å². The third-order valence-corrected chi connectivity index (χ3v) is 1.59. The number of hydrogen-bond acceptors (Lipinski definition) is 4. The summed E-state index contributed by atoms with van der Waals surface area (Å²) in [5, 5.41) is 0. The van der Waals surface area contributed by atoms with Crippen LogP contribution in [0.4, 0.5) is 9.59 Å². The summed E-state index contributed by atoms with van der Waals surface area (Å²) in [6, 6.07) is 0. The van der Waals surface area contributed by atoms with E-state index in [4.69, 9.17) is 9.47 Å². The van der Waals surface area contributed by atoms with Gasteiger partial charge in [-0.05, 0) is 13.8 Å². The van der Waals surface area contributed by atoms with Gasteiger partial charge in [0.1, 0.15) is 12.4 Å². The normalized spacial score (nSPS) is 9.73. The summed E-state index contributed by atoms with van der Waals surface area (Å²) >= 11 is 0. The summed E-state index contributed by atoms with van der Waals surface area (Å²) in [7, 11) is 0. The van der Waals surface area contributed by atoms with Crippen molar-refractivity contribution in [2.75, 3.05) is 13.2 Å². The first-order valence-electron chi connectivity index (χ1n) is 4.62. The van der Waals surface area contributed by atoms with Crippen LogP contribution in [-0.2, 0) is 9.47 Å². The lowest BCUT2D eigenvalue weighted by molar-refractivity contribution is -0.585. The van der Waals surface area contributed by atoms with Gasteiger partial charge >= 0.3 is 12.2 Å². The lowest BCUT2D eigenvalue weighted by Gasteiger charge is -1.95. The molecule has 1 heterocycles. The van der Waals surface area contributed by atoms with Crippen LogP contribution in [0, 0.1) is 0 Å². The van der Waals surface area contributed by atoms with E-state index in [-0.39, 0.29) is 13.2 Å². The molecule has 6 nitrogen and oxygen atoms in total. The molecule has 1 rings (SSSR count). The van der Waals surface area contributed by atoms with Gasteiger partial charge < -0.3 is 9.47 Å². The molecule has 0 N–H and O–H groups in total. The fourth-order valence-electron chi connectivity index (χ4n) is 0.967. The van der Waals surface area contributed by atoms with Crippen LogP contribution in [-0.4, -0.2) is 30.0 Å². The number of ether oxygens (including phenoxy) is 2. The molecule has 6 heteroatoms. The summed E-state index contributed by atoms with van der Waals surface area (Å²) < 4.78 is 11.8. The molecule has 0 atom stereocenters.